The molecule has 4 nitrogen and oxygen atoms in total. The van der Waals surface area contributed by atoms with Crippen LogP contribution < -0.4 is 5.32 Å². The zero-order valence-electron chi connectivity index (χ0n) is 7.84. The van der Waals surface area contributed by atoms with E-state index in [2.05, 4.69) is 22.9 Å². The lowest BCUT2D eigenvalue weighted by molar-refractivity contribution is 0.0695. The molecule has 1 aromatic rings. The highest BCUT2D eigenvalue weighted by Crippen LogP contribution is 2.24. The number of aromatic carboxylic acids is 1. The van der Waals surface area contributed by atoms with Crippen molar-refractivity contribution in [1.29, 1.82) is 0 Å². The molecule has 15 heavy (non-hydrogen) atoms. The molecule has 2 rings (SSSR count). The second kappa shape index (κ2) is 3.94. The average molecular weight is 222 g/mol. The van der Waals surface area contributed by atoms with Crippen LogP contribution in [0, 0.1) is 0 Å². The Labute approximate surface area is 92.4 Å². The Balaban J connectivity index is 2.40. The summed E-state index contributed by atoms with van der Waals surface area (Å²) in [5, 5.41) is 12.5. The lowest BCUT2D eigenvalue weighted by Gasteiger charge is -2.09. The molecule has 0 bridgehead atoms. The van der Waals surface area contributed by atoms with Gasteiger partial charge in [0.2, 0.25) is 0 Å². The topological polar surface area (TPSA) is 61.7 Å². The van der Waals surface area contributed by atoms with Crippen molar-refractivity contribution in [2.45, 2.75) is 6.04 Å². The second-order valence-corrected chi connectivity index (χ2v) is 3.67. The first-order chi connectivity index (χ1) is 7.18. The van der Waals surface area contributed by atoms with Crippen LogP contribution in [0.3, 0.4) is 0 Å². The van der Waals surface area contributed by atoms with E-state index in [1.807, 2.05) is 6.07 Å². The van der Waals surface area contributed by atoms with Crippen LogP contribution in [-0.4, -0.2) is 22.8 Å². The largest absolute Gasteiger partial charge is 0.478 e. The number of amidine groups is 1. The number of thiol groups is 1. The first kappa shape index (κ1) is 10.0. The highest BCUT2D eigenvalue weighted by molar-refractivity contribution is 7.96. The van der Waals surface area contributed by atoms with Crippen LogP contribution in [0.4, 0.5) is 0 Å². The van der Waals surface area contributed by atoms with Gasteiger partial charge in [-0.1, -0.05) is 18.2 Å². The van der Waals surface area contributed by atoms with Crippen molar-refractivity contribution in [2.24, 2.45) is 4.99 Å². The van der Waals surface area contributed by atoms with Crippen LogP contribution in [-0.2, 0) is 0 Å². The summed E-state index contributed by atoms with van der Waals surface area (Å²) in [7, 11) is 0. The third-order valence-electron chi connectivity index (χ3n) is 2.28. The molecule has 5 heteroatoms. The SMILES string of the molecule is O=C(O)c1ccccc1C1CNC(S)=N1. The number of nitrogens with one attached hydrogen (secondary N) is 1. The third kappa shape index (κ3) is 1.97. The molecule has 2 N–H and O–H groups in total. The van der Waals surface area contributed by atoms with E-state index in [9.17, 15) is 4.79 Å². The van der Waals surface area contributed by atoms with Crippen LogP contribution in [0.2, 0.25) is 0 Å². The van der Waals surface area contributed by atoms with Crippen molar-refractivity contribution in [2.75, 3.05) is 6.54 Å². The van der Waals surface area contributed by atoms with Crippen LogP contribution in [0.5, 0.6) is 0 Å². The molecule has 0 aliphatic carbocycles. The summed E-state index contributed by atoms with van der Waals surface area (Å²) in [5.74, 6) is -0.923. The molecular weight excluding hydrogens is 212 g/mol. The number of rotatable bonds is 2. The van der Waals surface area contributed by atoms with Gasteiger partial charge in [0.1, 0.15) is 0 Å². The van der Waals surface area contributed by atoms with Gasteiger partial charge in [0, 0.05) is 6.54 Å². The Kier molecular flexibility index (Phi) is 2.64. The predicted octanol–water partition coefficient (Wildman–Crippen LogP) is 1.31. The van der Waals surface area contributed by atoms with E-state index in [0.717, 1.165) is 5.56 Å². The Hall–Kier alpha value is -1.49. The summed E-state index contributed by atoms with van der Waals surface area (Å²) >= 11 is 4.08. The quantitative estimate of drug-likeness (QED) is 0.661. The summed E-state index contributed by atoms with van der Waals surface area (Å²) in [5.41, 5.74) is 1.03. The average Bonchev–Trinajstić information content (AvgIpc) is 2.65. The monoisotopic (exact) mass is 222 g/mol. The minimum atomic E-state index is -0.923. The molecule has 0 aromatic heterocycles. The summed E-state index contributed by atoms with van der Waals surface area (Å²) < 4.78 is 0. The lowest BCUT2D eigenvalue weighted by Crippen LogP contribution is -2.15. The predicted molar refractivity (Wildman–Crippen MR) is 60.6 cm³/mol. The Morgan fingerprint density at radius 2 is 2.27 bits per heavy atom. The normalized spacial score (nSPS) is 19.5. The maximum Gasteiger partial charge on any atom is 0.336 e. The molecule has 0 spiro atoms. The van der Waals surface area contributed by atoms with Gasteiger partial charge in [0.05, 0.1) is 11.6 Å². The molecule has 0 saturated carbocycles. The molecule has 1 heterocycles. The second-order valence-electron chi connectivity index (χ2n) is 3.24. The number of carboxylic acid groups (broad SMARTS) is 1. The van der Waals surface area contributed by atoms with Crippen LogP contribution >= 0.6 is 12.6 Å². The van der Waals surface area contributed by atoms with Gasteiger partial charge in [-0.3, -0.25) is 4.99 Å². The van der Waals surface area contributed by atoms with Gasteiger partial charge < -0.3 is 10.4 Å². The Bertz CT molecular complexity index is 431. The van der Waals surface area contributed by atoms with Gasteiger partial charge >= 0.3 is 5.97 Å². The molecule has 1 unspecified atom stereocenters. The summed E-state index contributed by atoms with van der Waals surface area (Å²) in [6, 6.07) is 6.74. The molecule has 78 valence electrons. The molecular formula is C10H10N2O2S. The standard InChI is InChI=1S/C10H10N2O2S/c13-9(14)7-4-2-1-3-6(7)8-5-11-10(15)12-8/h1-4,8H,5H2,(H,13,14)(H2,11,12,15). The van der Waals surface area contributed by atoms with Crippen molar-refractivity contribution in [1.82, 2.24) is 5.32 Å². The van der Waals surface area contributed by atoms with E-state index in [1.165, 1.54) is 0 Å². The molecule has 1 atom stereocenters. The zero-order valence-corrected chi connectivity index (χ0v) is 8.74. The van der Waals surface area contributed by atoms with Crippen molar-refractivity contribution in [3.63, 3.8) is 0 Å². The fraction of sp³-hybridized carbons (Fsp3) is 0.200. The first-order valence-corrected chi connectivity index (χ1v) is 4.96. The molecule has 0 radical (unpaired) electrons. The maximum atomic E-state index is 11.0. The fourth-order valence-corrected chi connectivity index (χ4v) is 1.82. The first-order valence-electron chi connectivity index (χ1n) is 4.51. The van der Waals surface area contributed by atoms with Gasteiger partial charge in [0.25, 0.3) is 0 Å². The lowest BCUT2D eigenvalue weighted by atomic mass is 10.0. The van der Waals surface area contributed by atoms with Crippen molar-refractivity contribution >= 4 is 23.8 Å². The third-order valence-corrected chi connectivity index (χ3v) is 2.56. The van der Waals surface area contributed by atoms with E-state index < -0.39 is 5.97 Å². The fourth-order valence-electron chi connectivity index (χ4n) is 1.59. The van der Waals surface area contributed by atoms with Crippen molar-refractivity contribution < 1.29 is 9.90 Å². The minimum Gasteiger partial charge on any atom is -0.478 e. The zero-order chi connectivity index (χ0) is 10.8. The van der Waals surface area contributed by atoms with Crippen molar-refractivity contribution in [3.8, 4) is 0 Å². The highest BCUT2D eigenvalue weighted by Gasteiger charge is 2.21. The van der Waals surface area contributed by atoms with Crippen molar-refractivity contribution in [3.05, 3.63) is 35.4 Å². The Morgan fingerprint density at radius 3 is 2.87 bits per heavy atom. The molecule has 0 saturated heterocycles. The number of hydrogen-bond donors (Lipinski definition) is 3. The van der Waals surface area contributed by atoms with Crippen LogP contribution in [0.1, 0.15) is 22.0 Å². The number of aliphatic imine (C=N–C) groups is 1. The summed E-state index contributed by atoms with van der Waals surface area (Å²) in [6.45, 7) is 0.600. The van der Waals surface area contributed by atoms with Crippen LogP contribution in [0.25, 0.3) is 0 Å². The highest BCUT2D eigenvalue weighted by atomic mass is 32.1. The van der Waals surface area contributed by atoms with Gasteiger partial charge in [-0.25, -0.2) is 4.79 Å². The Morgan fingerprint density at radius 1 is 1.53 bits per heavy atom. The van der Waals surface area contributed by atoms with Gasteiger partial charge in [-0.05, 0) is 11.6 Å². The number of hydrogen-bond acceptors (Lipinski definition) is 3. The van der Waals surface area contributed by atoms with Crippen LogP contribution in [0.15, 0.2) is 29.3 Å². The maximum absolute atomic E-state index is 11.0. The minimum absolute atomic E-state index is 0.148. The molecule has 0 fully saturated rings. The molecule has 1 aromatic carbocycles. The number of carbonyl (C=O) groups is 1. The molecule has 1 aliphatic heterocycles. The van der Waals surface area contributed by atoms with E-state index in [0.29, 0.717) is 17.3 Å². The van der Waals surface area contributed by atoms with Gasteiger partial charge in [-0.15, -0.1) is 12.6 Å². The number of carboxylic acids is 1. The summed E-state index contributed by atoms with van der Waals surface area (Å²) in [4.78, 5) is 15.2. The van der Waals surface area contributed by atoms with Gasteiger partial charge in [-0.2, -0.15) is 0 Å². The number of nitrogens with zero attached hydrogens (tertiary/aromatic N) is 1. The summed E-state index contributed by atoms with van der Waals surface area (Å²) in [6.07, 6.45) is 0. The van der Waals surface area contributed by atoms with E-state index in [4.69, 9.17) is 5.11 Å². The smallest absolute Gasteiger partial charge is 0.336 e. The van der Waals surface area contributed by atoms with E-state index in [-0.39, 0.29) is 6.04 Å². The van der Waals surface area contributed by atoms with E-state index >= 15 is 0 Å². The molecule has 0 amide bonds. The van der Waals surface area contributed by atoms with Gasteiger partial charge in [0.15, 0.2) is 5.17 Å². The van der Waals surface area contributed by atoms with E-state index in [1.54, 1.807) is 18.2 Å². The molecule has 1 aliphatic rings. The number of benzene rings is 1.